The second-order valence-corrected chi connectivity index (χ2v) is 10.1. The summed E-state index contributed by atoms with van der Waals surface area (Å²) in [7, 11) is 0. The minimum absolute atomic E-state index is 0.407. The van der Waals surface area contributed by atoms with Crippen molar-refractivity contribution in [3.8, 4) is 16.9 Å². The molecule has 1 aliphatic heterocycles. The van der Waals surface area contributed by atoms with Crippen LogP contribution in [0.3, 0.4) is 0 Å². The highest BCUT2D eigenvalue weighted by atomic mass is 35.5. The molecule has 4 nitrogen and oxygen atoms in total. The maximum atomic E-state index is 11.8. The Labute approximate surface area is 212 Å². The Morgan fingerprint density at radius 2 is 1.83 bits per heavy atom. The lowest BCUT2D eigenvalue weighted by Gasteiger charge is -2.33. The van der Waals surface area contributed by atoms with Crippen molar-refractivity contribution in [2.45, 2.75) is 64.6 Å². The van der Waals surface area contributed by atoms with E-state index in [-0.39, 0.29) is 0 Å². The molecule has 1 heterocycles. The van der Waals surface area contributed by atoms with Crippen molar-refractivity contribution in [1.29, 1.82) is 0 Å². The first-order valence-corrected chi connectivity index (χ1v) is 13.0. The maximum Gasteiger partial charge on any atom is 0.320 e. The molecule has 1 aliphatic carbocycles. The number of ether oxygens (including phenoxy) is 1. The van der Waals surface area contributed by atoms with Gasteiger partial charge in [0, 0.05) is 6.54 Å². The molecule has 0 bridgehead atoms. The van der Waals surface area contributed by atoms with Gasteiger partial charge in [-0.05, 0) is 90.6 Å². The van der Waals surface area contributed by atoms with E-state index in [2.05, 4.69) is 54.3 Å². The summed E-state index contributed by atoms with van der Waals surface area (Å²) in [5.41, 5.74) is 8.44. The van der Waals surface area contributed by atoms with E-state index in [1.54, 1.807) is 0 Å². The molecular formula is C30H32ClNO3. The quantitative estimate of drug-likeness (QED) is 0.395. The summed E-state index contributed by atoms with van der Waals surface area (Å²) in [5.74, 6) is 0.0707. The van der Waals surface area contributed by atoms with Crippen LogP contribution in [-0.4, -0.2) is 28.6 Å². The van der Waals surface area contributed by atoms with Crippen LogP contribution in [0.2, 0.25) is 5.02 Å². The first-order valence-electron chi connectivity index (χ1n) is 12.6. The number of benzene rings is 3. The number of hydrogen-bond donors (Lipinski definition) is 1. The van der Waals surface area contributed by atoms with Gasteiger partial charge in [0.2, 0.25) is 0 Å². The number of piperidine rings is 1. The van der Waals surface area contributed by atoms with E-state index in [1.807, 2.05) is 12.1 Å². The largest absolute Gasteiger partial charge is 0.487 e. The van der Waals surface area contributed by atoms with Crippen LogP contribution in [0.4, 0.5) is 0 Å². The molecule has 3 aromatic rings. The van der Waals surface area contributed by atoms with E-state index in [0.29, 0.717) is 24.6 Å². The van der Waals surface area contributed by atoms with Gasteiger partial charge in [0.1, 0.15) is 18.4 Å². The monoisotopic (exact) mass is 489 g/mol. The van der Waals surface area contributed by atoms with Gasteiger partial charge in [0.05, 0.1) is 5.02 Å². The highest BCUT2D eigenvalue weighted by Gasteiger charge is 2.30. The van der Waals surface area contributed by atoms with Gasteiger partial charge >= 0.3 is 5.97 Å². The van der Waals surface area contributed by atoms with Gasteiger partial charge in [-0.25, -0.2) is 0 Å². The van der Waals surface area contributed by atoms with Gasteiger partial charge in [-0.2, -0.15) is 0 Å². The second kappa shape index (κ2) is 10.4. The number of hydrogen-bond acceptors (Lipinski definition) is 3. The van der Waals surface area contributed by atoms with Crippen LogP contribution in [0.25, 0.3) is 11.1 Å². The molecule has 1 N–H and O–H groups in total. The lowest BCUT2D eigenvalue weighted by atomic mass is 9.96. The molecule has 3 aromatic carbocycles. The van der Waals surface area contributed by atoms with Crippen molar-refractivity contribution in [2.24, 2.45) is 0 Å². The summed E-state index contributed by atoms with van der Waals surface area (Å²) < 4.78 is 6.40. The molecule has 0 amide bonds. The summed E-state index contributed by atoms with van der Waals surface area (Å²) in [4.78, 5) is 13.9. The van der Waals surface area contributed by atoms with Crippen LogP contribution in [0, 0.1) is 6.92 Å². The lowest BCUT2D eigenvalue weighted by Crippen LogP contribution is -2.44. The molecule has 1 fully saturated rings. The Morgan fingerprint density at radius 3 is 2.63 bits per heavy atom. The molecule has 182 valence electrons. The first kappa shape index (κ1) is 23.9. The number of fused-ring (bicyclic) bond motifs is 1. The molecule has 1 atom stereocenters. The molecule has 0 spiro atoms. The van der Waals surface area contributed by atoms with Crippen LogP contribution in [0.15, 0.2) is 54.6 Å². The summed E-state index contributed by atoms with van der Waals surface area (Å²) >= 11 is 6.80. The number of carbonyl (C=O) groups is 1. The molecule has 0 radical (unpaired) electrons. The van der Waals surface area contributed by atoms with E-state index in [9.17, 15) is 9.90 Å². The summed E-state index contributed by atoms with van der Waals surface area (Å²) in [5, 5.41) is 10.3. The number of halogens is 1. The maximum absolute atomic E-state index is 11.8. The fraction of sp³-hybridized carbons (Fsp3) is 0.367. The third-order valence-corrected chi connectivity index (χ3v) is 7.85. The average molecular weight is 490 g/mol. The van der Waals surface area contributed by atoms with Crippen LogP contribution in [0.5, 0.6) is 5.75 Å². The normalized spacial score (nSPS) is 17.8. The highest BCUT2D eigenvalue weighted by molar-refractivity contribution is 6.32. The molecule has 0 aromatic heterocycles. The summed E-state index contributed by atoms with van der Waals surface area (Å²) in [6, 6.07) is 18.4. The predicted molar refractivity (Wildman–Crippen MR) is 140 cm³/mol. The smallest absolute Gasteiger partial charge is 0.320 e. The van der Waals surface area contributed by atoms with Crippen molar-refractivity contribution in [2.75, 3.05) is 6.54 Å². The fourth-order valence-corrected chi connectivity index (χ4v) is 5.99. The number of aliphatic carboxylic acids is 1. The van der Waals surface area contributed by atoms with E-state index < -0.39 is 12.0 Å². The topological polar surface area (TPSA) is 49.8 Å². The molecule has 5 rings (SSSR count). The van der Waals surface area contributed by atoms with Gasteiger partial charge in [-0.3, -0.25) is 9.69 Å². The SMILES string of the molecule is Cc1c(COc2c(Cl)cc(CN3CCCCC3C(=O)O)c3c2CCC3)cccc1-c1ccccc1. The Hall–Kier alpha value is -2.82. The number of rotatable bonds is 7. The third-order valence-electron chi connectivity index (χ3n) is 7.57. The van der Waals surface area contributed by atoms with E-state index >= 15 is 0 Å². The van der Waals surface area contributed by atoms with E-state index in [4.69, 9.17) is 16.3 Å². The van der Waals surface area contributed by atoms with Crippen LogP contribution in [0.1, 0.15) is 53.5 Å². The molecule has 1 unspecified atom stereocenters. The summed E-state index contributed by atoms with van der Waals surface area (Å²) in [6.07, 6.45) is 5.75. The first-order chi connectivity index (χ1) is 17.0. The average Bonchev–Trinajstić information content (AvgIpc) is 3.35. The van der Waals surface area contributed by atoms with Crippen LogP contribution >= 0.6 is 11.6 Å². The molecule has 5 heteroatoms. The minimum atomic E-state index is -0.722. The molecule has 1 saturated heterocycles. The standard InChI is InChI=1S/C30H32ClNO3/c1-20-22(11-7-12-24(20)21-9-3-2-4-10-21)19-35-29-26-14-8-13-25(26)23(17-27(29)31)18-32-16-6-5-15-28(32)30(33)34/h2-4,7,9-12,17,28H,5-6,8,13-16,18-19H2,1H3,(H,33,34). The van der Waals surface area contributed by atoms with Crippen LogP contribution < -0.4 is 4.74 Å². The Kier molecular flexibility index (Phi) is 7.12. The number of likely N-dealkylation sites (tertiary alicyclic amines) is 1. The zero-order chi connectivity index (χ0) is 24.4. The summed E-state index contributed by atoms with van der Waals surface area (Å²) in [6.45, 7) is 4.06. The van der Waals surface area contributed by atoms with Crippen molar-refractivity contribution < 1.29 is 14.6 Å². The van der Waals surface area contributed by atoms with Gasteiger partial charge in [0.15, 0.2) is 0 Å². The lowest BCUT2D eigenvalue weighted by molar-refractivity contribution is -0.144. The van der Waals surface area contributed by atoms with Crippen molar-refractivity contribution in [1.82, 2.24) is 4.90 Å². The third kappa shape index (κ3) is 4.96. The molecule has 35 heavy (non-hydrogen) atoms. The molecular weight excluding hydrogens is 458 g/mol. The van der Waals surface area contributed by atoms with Gasteiger partial charge in [-0.1, -0.05) is 66.6 Å². The Balaban J connectivity index is 1.39. The predicted octanol–water partition coefficient (Wildman–Crippen LogP) is 6.82. The minimum Gasteiger partial charge on any atom is -0.487 e. The Morgan fingerprint density at radius 1 is 1.03 bits per heavy atom. The van der Waals surface area contributed by atoms with Crippen molar-refractivity contribution >= 4 is 17.6 Å². The molecule has 2 aliphatic rings. The highest BCUT2D eigenvalue weighted by Crippen LogP contribution is 2.40. The van der Waals surface area contributed by atoms with Crippen LogP contribution in [-0.2, 0) is 30.8 Å². The van der Waals surface area contributed by atoms with Crippen molar-refractivity contribution in [3.63, 3.8) is 0 Å². The van der Waals surface area contributed by atoms with E-state index in [0.717, 1.165) is 55.5 Å². The number of carboxylic acids is 1. The zero-order valence-corrected chi connectivity index (χ0v) is 21.0. The van der Waals surface area contributed by atoms with Gasteiger partial charge < -0.3 is 9.84 Å². The fourth-order valence-electron chi connectivity index (χ4n) is 5.69. The second-order valence-electron chi connectivity index (χ2n) is 9.72. The molecule has 0 saturated carbocycles. The van der Waals surface area contributed by atoms with Gasteiger partial charge in [-0.15, -0.1) is 0 Å². The number of carboxylic acid groups (broad SMARTS) is 1. The zero-order valence-electron chi connectivity index (χ0n) is 20.2. The Bertz CT molecular complexity index is 1220. The number of nitrogens with zero attached hydrogens (tertiary/aromatic N) is 1. The van der Waals surface area contributed by atoms with Crippen molar-refractivity contribution in [3.05, 3.63) is 87.4 Å². The van der Waals surface area contributed by atoms with E-state index in [1.165, 1.54) is 27.8 Å². The van der Waals surface area contributed by atoms with Gasteiger partial charge in [0.25, 0.3) is 0 Å².